The number of anilines is 1. The van der Waals surface area contributed by atoms with Crippen LogP contribution in [0.4, 0.5) is 5.69 Å². The van der Waals surface area contributed by atoms with Crippen LogP contribution in [-0.4, -0.2) is 5.91 Å². The summed E-state index contributed by atoms with van der Waals surface area (Å²) in [7, 11) is 0. The van der Waals surface area contributed by atoms with Gasteiger partial charge in [-0.3, -0.25) is 4.79 Å². The fourth-order valence-corrected chi connectivity index (χ4v) is 1.88. The Hall–Kier alpha value is -2.55. The highest BCUT2D eigenvalue weighted by Crippen LogP contribution is 2.23. The maximum atomic E-state index is 11.6. The summed E-state index contributed by atoms with van der Waals surface area (Å²) in [4.78, 5) is 11.6. The van der Waals surface area contributed by atoms with Gasteiger partial charge < -0.3 is 10.1 Å². The Labute approximate surface area is 125 Å². The third-order valence-electron chi connectivity index (χ3n) is 2.94. The average molecular weight is 281 g/mol. The molecular weight excluding hydrogens is 262 g/mol. The van der Waals surface area contributed by atoms with E-state index in [1.54, 1.807) is 6.08 Å². The normalized spacial score (nSPS) is 9.95. The van der Waals surface area contributed by atoms with Gasteiger partial charge >= 0.3 is 0 Å². The van der Waals surface area contributed by atoms with E-state index in [4.69, 9.17) is 4.74 Å². The molecule has 0 aliphatic heterocycles. The Kier molecular flexibility index (Phi) is 5.16. The zero-order valence-electron chi connectivity index (χ0n) is 12.1. The lowest BCUT2D eigenvalue weighted by Crippen LogP contribution is -2.10. The Balaban J connectivity index is 1.95. The number of ether oxygens (including phenoxy) is 1. The molecule has 0 aliphatic carbocycles. The minimum absolute atomic E-state index is 0.0118. The molecule has 2 rings (SSSR count). The highest BCUT2D eigenvalue weighted by atomic mass is 16.5. The van der Waals surface area contributed by atoms with E-state index in [0.29, 0.717) is 12.8 Å². The summed E-state index contributed by atoms with van der Waals surface area (Å²) in [5.41, 5.74) is 1.92. The minimum atomic E-state index is -0.0118. The van der Waals surface area contributed by atoms with E-state index in [-0.39, 0.29) is 5.91 Å². The Morgan fingerprint density at radius 1 is 1.19 bits per heavy atom. The summed E-state index contributed by atoms with van der Waals surface area (Å²) in [5, 5.41) is 2.83. The largest absolute Gasteiger partial charge is 0.457 e. The number of allylic oxidation sites excluding steroid dienone is 1. The minimum Gasteiger partial charge on any atom is -0.457 e. The second kappa shape index (κ2) is 7.29. The van der Waals surface area contributed by atoms with Crippen molar-refractivity contribution in [2.24, 2.45) is 0 Å². The highest BCUT2D eigenvalue weighted by molar-refractivity contribution is 5.90. The third-order valence-corrected chi connectivity index (χ3v) is 2.94. The zero-order chi connectivity index (χ0) is 15.1. The molecule has 0 aromatic heterocycles. The van der Waals surface area contributed by atoms with Gasteiger partial charge in [0.2, 0.25) is 5.91 Å². The maximum Gasteiger partial charge on any atom is 0.224 e. The van der Waals surface area contributed by atoms with Crippen molar-refractivity contribution < 1.29 is 9.53 Å². The molecule has 1 amide bonds. The van der Waals surface area contributed by atoms with E-state index in [1.807, 2.05) is 55.5 Å². The van der Waals surface area contributed by atoms with Gasteiger partial charge in [0, 0.05) is 12.1 Å². The van der Waals surface area contributed by atoms with Crippen LogP contribution in [0.25, 0.3) is 0 Å². The molecule has 0 unspecified atom stereocenters. The predicted molar refractivity (Wildman–Crippen MR) is 85.8 cm³/mol. The van der Waals surface area contributed by atoms with Crippen LogP contribution in [0.3, 0.4) is 0 Å². The second-order valence-corrected chi connectivity index (χ2v) is 4.82. The first-order valence-corrected chi connectivity index (χ1v) is 6.93. The summed E-state index contributed by atoms with van der Waals surface area (Å²) in [6.45, 7) is 5.62. The SMILES string of the molecule is C=CCCC(=O)Nc1ccc(Oc2cccc(C)c2)cc1. The number of nitrogens with one attached hydrogen (secondary N) is 1. The predicted octanol–water partition coefficient (Wildman–Crippen LogP) is 4.69. The molecule has 0 aliphatic rings. The number of aryl methyl sites for hydroxylation is 1. The molecule has 0 spiro atoms. The van der Waals surface area contributed by atoms with E-state index in [9.17, 15) is 4.79 Å². The molecule has 2 aromatic rings. The van der Waals surface area contributed by atoms with Crippen LogP contribution in [0, 0.1) is 6.92 Å². The van der Waals surface area contributed by atoms with Crippen molar-refractivity contribution in [1.29, 1.82) is 0 Å². The Bertz CT molecular complexity index is 617. The molecule has 21 heavy (non-hydrogen) atoms. The van der Waals surface area contributed by atoms with Gasteiger partial charge in [-0.05, 0) is 55.3 Å². The number of benzene rings is 2. The molecule has 0 saturated carbocycles. The third kappa shape index (κ3) is 4.80. The zero-order valence-corrected chi connectivity index (χ0v) is 12.1. The van der Waals surface area contributed by atoms with Gasteiger partial charge in [-0.15, -0.1) is 6.58 Å². The van der Waals surface area contributed by atoms with Crippen LogP contribution >= 0.6 is 0 Å². The molecule has 0 saturated heterocycles. The van der Waals surface area contributed by atoms with Crippen LogP contribution in [0.2, 0.25) is 0 Å². The molecule has 0 fully saturated rings. The number of amides is 1. The second-order valence-electron chi connectivity index (χ2n) is 4.82. The standard InChI is InChI=1S/C18H19NO2/c1-3-4-8-18(20)19-15-9-11-16(12-10-15)21-17-7-5-6-14(2)13-17/h3,5-7,9-13H,1,4,8H2,2H3,(H,19,20). The van der Waals surface area contributed by atoms with Gasteiger partial charge in [-0.25, -0.2) is 0 Å². The van der Waals surface area contributed by atoms with E-state index in [0.717, 1.165) is 22.7 Å². The van der Waals surface area contributed by atoms with Crippen LogP contribution in [0.15, 0.2) is 61.2 Å². The van der Waals surface area contributed by atoms with Gasteiger partial charge in [0.1, 0.15) is 11.5 Å². The Morgan fingerprint density at radius 3 is 2.62 bits per heavy atom. The number of carbonyl (C=O) groups is 1. The van der Waals surface area contributed by atoms with Crippen molar-refractivity contribution in [3.05, 3.63) is 66.7 Å². The topological polar surface area (TPSA) is 38.3 Å². The van der Waals surface area contributed by atoms with Crippen molar-refractivity contribution in [2.45, 2.75) is 19.8 Å². The van der Waals surface area contributed by atoms with Crippen molar-refractivity contribution in [1.82, 2.24) is 0 Å². The maximum absolute atomic E-state index is 11.6. The first-order chi connectivity index (χ1) is 10.2. The van der Waals surface area contributed by atoms with Crippen LogP contribution < -0.4 is 10.1 Å². The molecule has 3 nitrogen and oxygen atoms in total. The van der Waals surface area contributed by atoms with Gasteiger partial charge in [-0.2, -0.15) is 0 Å². The number of hydrogen-bond donors (Lipinski definition) is 1. The number of rotatable bonds is 6. The van der Waals surface area contributed by atoms with E-state index >= 15 is 0 Å². The molecular formula is C18H19NO2. The van der Waals surface area contributed by atoms with Crippen molar-refractivity contribution in [2.75, 3.05) is 5.32 Å². The summed E-state index contributed by atoms with van der Waals surface area (Å²) in [6, 6.07) is 15.2. The van der Waals surface area contributed by atoms with Gasteiger partial charge in [-0.1, -0.05) is 18.2 Å². The van der Waals surface area contributed by atoms with Crippen LogP contribution in [0.1, 0.15) is 18.4 Å². The van der Waals surface area contributed by atoms with Crippen molar-refractivity contribution >= 4 is 11.6 Å². The average Bonchev–Trinajstić information content (AvgIpc) is 2.47. The van der Waals surface area contributed by atoms with Crippen LogP contribution in [-0.2, 0) is 4.79 Å². The Morgan fingerprint density at radius 2 is 1.95 bits per heavy atom. The molecule has 108 valence electrons. The quantitative estimate of drug-likeness (QED) is 0.780. The van der Waals surface area contributed by atoms with E-state index < -0.39 is 0 Å². The summed E-state index contributed by atoms with van der Waals surface area (Å²) in [6.07, 6.45) is 2.86. The first kappa shape index (κ1) is 14.9. The van der Waals surface area contributed by atoms with Crippen molar-refractivity contribution in [3.63, 3.8) is 0 Å². The van der Waals surface area contributed by atoms with Gasteiger partial charge in [0.05, 0.1) is 0 Å². The van der Waals surface area contributed by atoms with Crippen molar-refractivity contribution in [3.8, 4) is 11.5 Å². The fraction of sp³-hybridized carbons (Fsp3) is 0.167. The first-order valence-electron chi connectivity index (χ1n) is 6.93. The van der Waals surface area contributed by atoms with Gasteiger partial charge in [0.25, 0.3) is 0 Å². The molecule has 3 heteroatoms. The summed E-state index contributed by atoms with van der Waals surface area (Å²) >= 11 is 0. The van der Waals surface area contributed by atoms with E-state index in [2.05, 4.69) is 11.9 Å². The molecule has 1 N–H and O–H groups in total. The molecule has 0 atom stereocenters. The molecule has 0 heterocycles. The molecule has 0 radical (unpaired) electrons. The van der Waals surface area contributed by atoms with Gasteiger partial charge in [0.15, 0.2) is 0 Å². The highest BCUT2D eigenvalue weighted by Gasteiger charge is 2.02. The lowest BCUT2D eigenvalue weighted by molar-refractivity contribution is -0.116. The monoisotopic (exact) mass is 281 g/mol. The summed E-state index contributed by atoms with van der Waals surface area (Å²) in [5.74, 6) is 1.53. The van der Waals surface area contributed by atoms with Crippen LogP contribution in [0.5, 0.6) is 11.5 Å². The number of hydrogen-bond acceptors (Lipinski definition) is 2. The molecule has 2 aromatic carbocycles. The van der Waals surface area contributed by atoms with E-state index in [1.165, 1.54) is 0 Å². The fourth-order valence-electron chi connectivity index (χ4n) is 1.88. The smallest absolute Gasteiger partial charge is 0.224 e. The summed E-state index contributed by atoms with van der Waals surface area (Å²) < 4.78 is 5.76. The lowest BCUT2D eigenvalue weighted by Gasteiger charge is -2.08. The number of carbonyl (C=O) groups excluding carboxylic acids is 1. The molecule has 0 bridgehead atoms. The lowest BCUT2D eigenvalue weighted by atomic mass is 10.2.